The van der Waals surface area contributed by atoms with Crippen molar-refractivity contribution in [2.45, 2.75) is 25.3 Å². The van der Waals surface area contributed by atoms with Gasteiger partial charge in [0.1, 0.15) is 5.00 Å². The number of benzene rings is 1. The molecule has 1 aliphatic rings. The van der Waals surface area contributed by atoms with Gasteiger partial charge in [0.05, 0.1) is 10.5 Å². The van der Waals surface area contributed by atoms with E-state index in [1.807, 2.05) is 6.07 Å². The van der Waals surface area contributed by atoms with E-state index in [9.17, 15) is 0 Å². The van der Waals surface area contributed by atoms with Crippen LogP contribution < -0.4 is 10.6 Å². The molecular formula is C13H15N3S2. The molecule has 0 unspecified atom stereocenters. The summed E-state index contributed by atoms with van der Waals surface area (Å²) in [6.07, 6.45) is 3.31. The average molecular weight is 277 g/mol. The van der Waals surface area contributed by atoms with E-state index in [1.165, 1.54) is 23.2 Å². The summed E-state index contributed by atoms with van der Waals surface area (Å²) < 4.78 is 4.51. The molecule has 0 aliphatic heterocycles. The van der Waals surface area contributed by atoms with Crippen LogP contribution >= 0.6 is 23.8 Å². The molecule has 0 bridgehead atoms. The average Bonchev–Trinajstić information content (AvgIpc) is 3.10. The Morgan fingerprint density at radius 2 is 2.22 bits per heavy atom. The highest BCUT2D eigenvalue weighted by Gasteiger charge is 2.31. The lowest BCUT2D eigenvalue weighted by atomic mass is 10.2. The molecular weight excluding hydrogens is 262 g/mol. The molecule has 0 amide bonds. The van der Waals surface area contributed by atoms with Crippen molar-refractivity contribution in [3.05, 3.63) is 24.3 Å². The van der Waals surface area contributed by atoms with Crippen LogP contribution in [0.1, 0.15) is 19.3 Å². The molecule has 1 fully saturated rings. The zero-order valence-corrected chi connectivity index (χ0v) is 11.6. The summed E-state index contributed by atoms with van der Waals surface area (Å²) in [5.74, 6) is 0. The van der Waals surface area contributed by atoms with Gasteiger partial charge in [-0.1, -0.05) is 24.4 Å². The van der Waals surface area contributed by atoms with Gasteiger partial charge in [0.25, 0.3) is 0 Å². The minimum absolute atomic E-state index is 0.592. The lowest BCUT2D eigenvalue weighted by Crippen LogP contribution is -2.28. The summed E-state index contributed by atoms with van der Waals surface area (Å²) in [6.45, 7) is 0.909. The molecule has 0 spiro atoms. The van der Waals surface area contributed by atoms with Gasteiger partial charge in [-0.2, -0.15) is 4.37 Å². The summed E-state index contributed by atoms with van der Waals surface area (Å²) in [4.78, 5) is 3.02. The fourth-order valence-electron chi connectivity index (χ4n) is 2.15. The third kappa shape index (κ3) is 2.33. The molecule has 1 saturated carbocycles. The minimum atomic E-state index is 0.592. The van der Waals surface area contributed by atoms with E-state index in [2.05, 4.69) is 27.5 Å². The smallest absolute Gasteiger partial charge is 0.120 e. The molecule has 1 heterocycles. The summed E-state index contributed by atoms with van der Waals surface area (Å²) in [5.41, 5.74) is 6.70. The van der Waals surface area contributed by atoms with Gasteiger partial charge in [-0.15, -0.1) is 0 Å². The van der Waals surface area contributed by atoms with Crippen LogP contribution in [0.25, 0.3) is 10.9 Å². The summed E-state index contributed by atoms with van der Waals surface area (Å²) in [6, 6.07) is 8.96. The van der Waals surface area contributed by atoms with Crippen LogP contribution in [0, 0.1) is 0 Å². The first kappa shape index (κ1) is 11.9. The number of hydrogen-bond donors (Lipinski definition) is 1. The Morgan fingerprint density at radius 3 is 2.94 bits per heavy atom. The number of fused-ring (bicyclic) bond motifs is 1. The second kappa shape index (κ2) is 4.82. The Balaban J connectivity index is 1.91. The molecule has 0 atom stereocenters. The van der Waals surface area contributed by atoms with Crippen molar-refractivity contribution < 1.29 is 0 Å². The van der Waals surface area contributed by atoms with Gasteiger partial charge < -0.3 is 10.6 Å². The molecule has 0 radical (unpaired) electrons. The molecule has 18 heavy (non-hydrogen) atoms. The van der Waals surface area contributed by atoms with E-state index in [4.69, 9.17) is 18.0 Å². The summed E-state index contributed by atoms with van der Waals surface area (Å²) in [5, 5.41) is 2.52. The molecule has 5 heteroatoms. The number of nitrogens with zero attached hydrogens (tertiary/aromatic N) is 2. The Kier molecular flexibility index (Phi) is 3.18. The van der Waals surface area contributed by atoms with Crippen LogP contribution in [-0.2, 0) is 0 Å². The fraction of sp³-hybridized carbons (Fsp3) is 0.385. The molecule has 94 valence electrons. The van der Waals surface area contributed by atoms with Crippen LogP contribution in [0.2, 0.25) is 0 Å². The maximum absolute atomic E-state index is 5.62. The van der Waals surface area contributed by atoms with Crippen LogP contribution in [0.15, 0.2) is 24.3 Å². The van der Waals surface area contributed by atoms with E-state index < -0.39 is 0 Å². The van der Waals surface area contributed by atoms with Crippen molar-refractivity contribution in [1.82, 2.24) is 4.37 Å². The second-order valence-electron chi connectivity index (χ2n) is 4.65. The number of thiocarbonyl (C=S) groups is 1. The highest BCUT2D eigenvalue weighted by Crippen LogP contribution is 2.38. The van der Waals surface area contributed by atoms with Crippen LogP contribution in [0.4, 0.5) is 5.00 Å². The molecule has 3 nitrogen and oxygen atoms in total. The normalized spacial score (nSPS) is 14.9. The van der Waals surface area contributed by atoms with Gasteiger partial charge in [0.2, 0.25) is 0 Å². The Labute approximate surface area is 116 Å². The highest BCUT2D eigenvalue weighted by molar-refractivity contribution is 7.80. The predicted octanol–water partition coefficient (Wildman–Crippen LogP) is 2.94. The molecule has 1 aromatic heterocycles. The van der Waals surface area contributed by atoms with E-state index in [0.717, 1.165) is 18.5 Å². The number of nitrogens with two attached hydrogens (primary N) is 1. The molecule has 0 saturated heterocycles. The van der Waals surface area contributed by atoms with E-state index in [1.54, 1.807) is 11.5 Å². The predicted molar refractivity (Wildman–Crippen MR) is 81.4 cm³/mol. The SMILES string of the molecule is NC(=S)CCN(c1snc2ccccc12)C1CC1. The van der Waals surface area contributed by atoms with E-state index in [-0.39, 0.29) is 0 Å². The highest BCUT2D eigenvalue weighted by atomic mass is 32.1. The minimum Gasteiger partial charge on any atom is -0.393 e. The van der Waals surface area contributed by atoms with Gasteiger partial charge >= 0.3 is 0 Å². The second-order valence-corrected chi connectivity index (χ2v) is 5.92. The largest absolute Gasteiger partial charge is 0.393 e. The van der Waals surface area contributed by atoms with Gasteiger partial charge in [0.15, 0.2) is 0 Å². The standard InChI is InChI=1S/C13H15N3S2/c14-12(17)7-8-16(9-5-6-9)13-10-3-1-2-4-11(10)15-18-13/h1-4,9H,5-8H2,(H2,14,17). The van der Waals surface area contributed by atoms with Gasteiger partial charge in [-0.3, -0.25) is 0 Å². The number of hydrogen-bond acceptors (Lipinski definition) is 4. The van der Waals surface area contributed by atoms with Crippen LogP contribution in [0.5, 0.6) is 0 Å². The Bertz CT molecular complexity index is 574. The number of anilines is 1. The summed E-state index contributed by atoms with van der Waals surface area (Å²) in [7, 11) is 0. The monoisotopic (exact) mass is 277 g/mol. The van der Waals surface area contributed by atoms with Crippen molar-refractivity contribution in [3.8, 4) is 0 Å². The maximum atomic E-state index is 5.62. The quantitative estimate of drug-likeness (QED) is 0.853. The maximum Gasteiger partial charge on any atom is 0.120 e. The zero-order chi connectivity index (χ0) is 12.5. The fourth-order valence-corrected chi connectivity index (χ4v) is 3.20. The van der Waals surface area contributed by atoms with Crippen molar-refractivity contribution in [2.75, 3.05) is 11.4 Å². The number of rotatable bonds is 5. The Hall–Kier alpha value is -1.20. The van der Waals surface area contributed by atoms with Gasteiger partial charge in [-0.25, -0.2) is 0 Å². The molecule has 3 rings (SSSR count). The van der Waals surface area contributed by atoms with Crippen molar-refractivity contribution in [3.63, 3.8) is 0 Å². The lowest BCUT2D eigenvalue weighted by molar-refractivity contribution is 0.813. The number of aromatic nitrogens is 1. The van der Waals surface area contributed by atoms with Crippen molar-refractivity contribution >= 4 is 44.6 Å². The Morgan fingerprint density at radius 1 is 1.44 bits per heavy atom. The third-order valence-corrected chi connectivity index (χ3v) is 4.33. The first-order valence-corrected chi connectivity index (χ1v) is 7.33. The van der Waals surface area contributed by atoms with E-state index >= 15 is 0 Å². The van der Waals surface area contributed by atoms with E-state index in [0.29, 0.717) is 11.0 Å². The summed E-state index contributed by atoms with van der Waals surface area (Å²) >= 11 is 6.57. The first-order valence-electron chi connectivity index (χ1n) is 6.15. The third-order valence-electron chi connectivity index (χ3n) is 3.21. The lowest BCUT2D eigenvalue weighted by Gasteiger charge is -2.22. The molecule has 2 aromatic rings. The zero-order valence-electron chi connectivity index (χ0n) is 10.0. The molecule has 2 N–H and O–H groups in total. The van der Waals surface area contributed by atoms with Crippen molar-refractivity contribution in [1.29, 1.82) is 0 Å². The van der Waals surface area contributed by atoms with Crippen LogP contribution in [-0.4, -0.2) is 21.9 Å². The van der Waals surface area contributed by atoms with Gasteiger partial charge in [0, 0.05) is 24.4 Å². The first-order chi connectivity index (χ1) is 8.75. The molecule has 1 aromatic carbocycles. The molecule has 1 aliphatic carbocycles. The van der Waals surface area contributed by atoms with Crippen LogP contribution in [0.3, 0.4) is 0 Å². The van der Waals surface area contributed by atoms with Crippen molar-refractivity contribution in [2.24, 2.45) is 5.73 Å². The van der Waals surface area contributed by atoms with Gasteiger partial charge in [-0.05, 0) is 36.5 Å². The topological polar surface area (TPSA) is 42.1 Å².